The van der Waals surface area contributed by atoms with E-state index in [0.717, 1.165) is 39.4 Å². The van der Waals surface area contributed by atoms with Gasteiger partial charge in [0.25, 0.3) is 0 Å². The fourth-order valence-corrected chi connectivity index (χ4v) is 1.48. The number of rotatable bonds is 11. The van der Waals surface area contributed by atoms with Crippen LogP contribution in [0.2, 0.25) is 0 Å². The van der Waals surface area contributed by atoms with Crippen molar-refractivity contribution in [1.82, 2.24) is 10.2 Å². The SMILES string of the molecule is CCCCOCCN(CC)CCNC(C)C. The molecule has 3 heteroatoms. The van der Waals surface area contributed by atoms with Crippen molar-refractivity contribution in [3.63, 3.8) is 0 Å². The summed E-state index contributed by atoms with van der Waals surface area (Å²) in [6, 6.07) is 0.583. The molecule has 0 spiro atoms. The van der Waals surface area contributed by atoms with Gasteiger partial charge < -0.3 is 15.0 Å². The van der Waals surface area contributed by atoms with E-state index >= 15 is 0 Å². The van der Waals surface area contributed by atoms with E-state index in [4.69, 9.17) is 4.74 Å². The third kappa shape index (κ3) is 10.4. The van der Waals surface area contributed by atoms with Gasteiger partial charge in [0.1, 0.15) is 0 Å². The van der Waals surface area contributed by atoms with Crippen LogP contribution >= 0.6 is 0 Å². The molecule has 0 aliphatic rings. The van der Waals surface area contributed by atoms with E-state index in [1.165, 1.54) is 12.8 Å². The summed E-state index contributed by atoms with van der Waals surface area (Å²) in [6.07, 6.45) is 2.40. The quantitative estimate of drug-likeness (QED) is 0.550. The summed E-state index contributed by atoms with van der Waals surface area (Å²) in [5.74, 6) is 0. The number of nitrogens with zero attached hydrogens (tertiary/aromatic N) is 1. The Morgan fingerprint density at radius 3 is 2.44 bits per heavy atom. The molecule has 16 heavy (non-hydrogen) atoms. The molecular weight excluding hydrogens is 200 g/mol. The number of nitrogens with one attached hydrogen (secondary N) is 1. The Kier molecular flexibility index (Phi) is 11.3. The molecule has 3 nitrogen and oxygen atoms in total. The van der Waals surface area contributed by atoms with Crippen LogP contribution in [0.25, 0.3) is 0 Å². The van der Waals surface area contributed by atoms with Crippen LogP contribution in [0, 0.1) is 0 Å². The van der Waals surface area contributed by atoms with E-state index in [1.54, 1.807) is 0 Å². The summed E-state index contributed by atoms with van der Waals surface area (Å²) in [5.41, 5.74) is 0. The van der Waals surface area contributed by atoms with Gasteiger partial charge in [-0.2, -0.15) is 0 Å². The van der Waals surface area contributed by atoms with Gasteiger partial charge in [0.15, 0.2) is 0 Å². The maximum absolute atomic E-state index is 5.57. The zero-order chi connectivity index (χ0) is 12.2. The van der Waals surface area contributed by atoms with Crippen molar-refractivity contribution in [2.24, 2.45) is 0 Å². The summed E-state index contributed by atoms with van der Waals surface area (Å²) in [5, 5.41) is 3.44. The molecule has 0 saturated heterocycles. The van der Waals surface area contributed by atoms with Crippen molar-refractivity contribution in [3.8, 4) is 0 Å². The molecule has 0 aromatic carbocycles. The van der Waals surface area contributed by atoms with Gasteiger partial charge in [-0.25, -0.2) is 0 Å². The van der Waals surface area contributed by atoms with Gasteiger partial charge in [-0.1, -0.05) is 34.1 Å². The number of unbranched alkanes of at least 4 members (excludes halogenated alkanes) is 1. The lowest BCUT2D eigenvalue weighted by atomic mass is 10.3. The molecule has 0 saturated carbocycles. The second kappa shape index (κ2) is 11.4. The summed E-state index contributed by atoms with van der Waals surface area (Å²) in [6.45, 7) is 14.9. The van der Waals surface area contributed by atoms with Gasteiger partial charge in [0.05, 0.1) is 6.61 Å². The highest BCUT2D eigenvalue weighted by Gasteiger charge is 2.02. The van der Waals surface area contributed by atoms with E-state index in [0.29, 0.717) is 6.04 Å². The first-order valence-electron chi connectivity index (χ1n) is 6.74. The van der Waals surface area contributed by atoms with Gasteiger partial charge in [-0.05, 0) is 13.0 Å². The van der Waals surface area contributed by atoms with E-state index < -0.39 is 0 Å². The van der Waals surface area contributed by atoms with Crippen LogP contribution in [0.15, 0.2) is 0 Å². The summed E-state index contributed by atoms with van der Waals surface area (Å²) in [4.78, 5) is 2.43. The van der Waals surface area contributed by atoms with Gasteiger partial charge in [-0.3, -0.25) is 0 Å². The Bertz CT molecular complexity index is 140. The maximum Gasteiger partial charge on any atom is 0.0593 e. The van der Waals surface area contributed by atoms with Crippen molar-refractivity contribution in [1.29, 1.82) is 0 Å². The van der Waals surface area contributed by atoms with E-state index in [2.05, 4.69) is 37.9 Å². The first kappa shape index (κ1) is 15.9. The van der Waals surface area contributed by atoms with Crippen LogP contribution < -0.4 is 5.32 Å². The predicted octanol–water partition coefficient (Wildman–Crippen LogP) is 2.12. The minimum atomic E-state index is 0.583. The number of hydrogen-bond donors (Lipinski definition) is 1. The number of ether oxygens (including phenoxy) is 1. The largest absolute Gasteiger partial charge is 0.380 e. The maximum atomic E-state index is 5.57. The van der Waals surface area contributed by atoms with Crippen LogP contribution in [0.3, 0.4) is 0 Å². The zero-order valence-corrected chi connectivity index (χ0v) is 11.6. The topological polar surface area (TPSA) is 24.5 Å². The fraction of sp³-hybridized carbons (Fsp3) is 1.00. The van der Waals surface area contributed by atoms with E-state index in [-0.39, 0.29) is 0 Å². The number of hydrogen-bond acceptors (Lipinski definition) is 3. The van der Waals surface area contributed by atoms with E-state index in [9.17, 15) is 0 Å². The highest BCUT2D eigenvalue weighted by molar-refractivity contribution is 4.59. The molecule has 0 aromatic rings. The molecule has 0 aromatic heterocycles. The summed E-state index contributed by atoms with van der Waals surface area (Å²) in [7, 11) is 0. The third-order valence-corrected chi connectivity index (χ3v) is 2.62. The van der Waals surface area contributed by atoms with Crippen LogP contribution in [0.1, 0.15) is 40.5 Å². The van der Waals surface area contributed by atoms with Crippen molar-refractivity contribution in [3.05, 3.63) is 0 Å². The average molecular weight is 230 g/mol. The molecule has 98 valence electrons. The fourth-order valence-electron chi connectivity index (χ4n) is 1.48. The number of likely N-dealkylation sites (N-methyl/N-ethyl adjacent to an activating group) is 1. The Hall–Kier alpha value is -0.120. The molecule has 0 heterocycles. The first-order valence-corrected chi connectivity index (χ1v) is 6.74. The van der Waals surface area contributed by atoms with Crippen molar-refractivity contribution >= 4 is 0 Å². The molecular formula is C13H30N2O. The molecule has 0 fully saturated rings. The zero-order valence-electron chi connectivity index (χ0n) is 11.6. The van der Waals surface area contributed by atoms with Gasteiger partial charge in [0, 0.05) is 32.3 Å². The normalized spacial score (nSPS) is 11.6. The smallest absolute Gasteiger partial charge is 0.0593 e. The standard InChI is InChI=1S/C13H30N2O/c1-5-7-11-16-12-10-15(6-2)9-8-14-13(3)4/h13-14H,5-12H2,1-4H3. The lowest BCUT2D eigenvalue weighted by Crippen LogP contribution is -2.36. The van der Waals surface area contributed by atoms with Gasteiger partial charge in [0.2, 0.25) is 0 Å². The van der Waals surface area contributed by atoms with Crippen LogP contribution in [0.5, 0.6) is 0 Å². The highest BCUT2D eigenvalue weighted by atomic mass is 16.5. The molecule has 0 aliphatic heterocycles. The molecule has 0 radical (unpaired) electrons. The lowest BCUT2D eigenvalue weighted by Gasteiger charge is -2.21. The van der Waals surface area contributed by atoms with Gasteiger partial charge >= 0.3 is 0 Å². The predicted molar refractivity (Wildman–Crippen MR) is 71.0 cm³/mol. The summed E-state index contributed by atoms with van der Waals surface area (Å²) >= 11 is 0. The Morgan fingerprint density at radius 1 is 1.12 bits per heavy atom. The van der Waals surface area contributed by atoms with Crippen LogP contribution in [0.4, 0.5) is 0 Å². The Balaban J connectivity index is 3.36. The minimum absolute atomic E-state index is 0.583. The second-order valence-corrected chi connectivity index (χ2v) is 4.51. The molecule has 0 unspecified atom stereocenters. The Morgan fingerprint density at radius 2 is 1.88 bits per heavy atom. The summed E-state index contributed by atoms with van der Waals surface area (Å²) < 4.78 is 5.57. The minimum Gasteiger partial charge on any atom is -0.380 e. The highest BCUT2D eigenvalue weighted by Crippen LogP contribution is 1.91. The molecule has 0 bridgehead atoms. The molecule has 0 aliphatic carbocycles. The average Bonchev–Trinajstić information content (AvgIpc) is 2.26. The lowest BCUT2D eigenvalue weighted by molar-refractivity contribution is 0.103. The van der Waals surface area contributed by atoms with Crippen molar-refractivity contribution in [2.75, 3.05) is 39.4 Å². The molecule has 1 N–H and O–H groups in total. The van der Waals surface area contributed by atoms with E-state index in [1.807, 2.05) is 0 Å². The Labute approximate surface area is 102 Å². The van der Waals surface area contributed by atoms with Crippen molar-refractivity contribution in [2.45, 2.75) is 46.6 Å². The van der Waals surface area contributed by atoms with Crippen LogP contribution in [-0.2, 0) is 4.74 Å². The third-order valence-electron chi connectivity index (χ3n) is 2.62. The molecule has 0 atom stereocenters. The molecule has 0 rings (SSSR count). The van der Waals surface area contributed by atoms with Crippen molar-refractivity contribution < 1.29 is 4.74 Å². The second-order valence-electron chi connectivity index (χ2n) is 4.51. The monoisotopic (exact) mass is 230 g/mol. The molecule has 0 amide bonds. The van der Waals surface area contributed by atoms with Gasteiger partial charge in [-0.15, -0.1) is 0 Å². The van der Waals surface area contributed by atoms with Crippen LogP contribution in [-0.4, -0.2) is 50.3 Å². The first-order chi connectivity index (χ1) is 7.70.